The first kappa shape index (κ1) is 13.6. The van der Waals surface area contributed by atoms with Crippen molar-refractivity contribution in [2.24, 2.45) is 0 Å². The number of likely N-dealkylation sites (N-methyl/N-ethyl adjacent to an activating group) is 1. The van der Waals surface area contributed by atoms with Crippen molar-refractivity contribution in [3.05, 3.63) is 57.8 Å². The lowest BCUT2D eigenvalue weighted by atomic mass is 9.99. The number of fused-ring (bicyclic) bond motifs is 1. The topological polar surface area (TPSA) is 34.2 Å². The maximum Gasteiger partial charge on any atom is 0.122 e. The normalized spacial score (nSPS) is 14.7. The Morgan fingerprint density at radius 2 is 2.25 bits per heavy atom. The zero-order valence-corrected chi connectivity index (χ0v) is 13.0. The lowest BCUT2D eigenvalue weighted by Crippen LogP contribution is -2.19. The van der Waals surface area contributed by atoms with Crippen LogP contribution in [0.3, 0.4) is 0 Å². The van der Waals surface area contributed by atoms with Crippen LogP contribution in [-0.2, 0) is 12.8 Å². The minimum atomic E-state index is 0.273. The van der Waals surface area contributed by atoms with Crippen LogP contribution >= 0.6 is 15.9 Å². The molecular weight excluding hydrogens is 316 g/mol. The Bertz CT molecular complexity index is 598. The zero-order chi connectivity index (χ0) is 13.9. The highest BCUT2D eigenvalue weighted by Gasteiger charge is 2.16. The van der Waals surface area contributed by atoms with Crippen LogP contribution in [-0.4, -0.2) is 18.6 Å². The van der Waals surface area contributed by atoms with Crippen LogP contribution in [0.4, 0.5) is 0 Å². The van der Waals surface area contributed by atoms with Crippen molar-refractivity contribution in [3.63, 3.8) is 0 Å². The smallest absolute Gasteiger partial charge is 0.122 e. The first-order valence-electron chi connectivity index (χ1n) is 6.79. The minimum absolute atomic E-state index is 0.273. The summed E-state index contributed by atoms with van der Waals surface area (Å²) in [5.74, 6) is 1.03. The number of rotatable bonds is 4. The van der Waals surface area contributed by atoms with Crippen molar-refractivity contribution < 1.29 is 4.74 Å². The molecule has 3 nitrogen and oxygen atoms in total. The average molecular weight is 333 g/mol. The van der Waals surface area contributed by atoms with Gasteiger partial charge in [0, 0.05) is 35.2 Å². The molecule has 0 fully saturated rings. The predicted octanol–water partition coefficient (Wildman–Crippen LogP) is 3.28. The van der Waals surface area contributed by atoms with E-state index in [2.05, 4.69) is 50.5 Å². The molecule has 1 N–H and O–H groups in total. The summed E-state index contributed by atoms with van der Waals surface area (Å²) in [6.07, 6.45) is 3.73. The lowest BCUT2D eigenvalue weighted by Gasteiger charge is -2.17. The molecule has 0 bridgehead atoms. The maximum atomic E-state index is 5.56. The highest BCUT2D eigenvalue weighted by Crippen LogP contribution is 2.29. The first-order chi connectivity index (χ1) is 9.76. The summed E-state index contributed by atoms with van der Waals surface area (Å²) in [5, 5.41) is 3.38. The van der Waals surface area contributed by atoms with Gasteiger partial charge in [0.15, 0.2) is 0 Å². The van der Waals surface area contributed by atoms with Gasteiger partial charge in [-0.3, -0.25) is 4.98 Å². The van der Waals surface area contributed by atoms with E-state index in [4.69, 9.17) is 4.74 Å². The predicted molar refractivity (Wildman–Crippen MR) is 83.1 cm³/mol. The second-order valence-electron chi connectivity index (χ2n) is 4.98. The van der Waals surface area contributed by atoms with Gasteiger partial charge in [-0.1, -0.05) is 12.1 Å². The van der Waals surface area contributed by atoms with Gasteiger partial charge in [0.1, 0.15) is 5.75 Å². The molecule has 2 aromatic rings. The van der Waals surface area contributed by atoms with Gasteiger partial charge >= 0.3 is 0 Å². The van der Waals surface area contributed by atoms with Gasteiger partial charge in [0.2, 0.25) is 0 Å². The Morgan fingerprint density at radius 1 is 1.35 bits per heavy atom. The number of nitrogens with zero attached hydrogens (tertiary/aromatic N) is 1. The van der Waals surface area contributed by atoms with Crippen LogP contribution in [0.1, 0.15) is 22.9 Å². The molecular formula is C16H17BrN2O. The third kappa shape index (κ3) is 2.86. The van der Waals surface area contributed by atoms with Gasteiger partial charge in [-0.05, 0) is 52.3 Å². The van der Waals surface area contributed by atoms with Crippen molar-refractivity contribution in [3.8, 4) is 5.75 Å². The minimum Gasteiger partial charge on any atom is -0.493 e. The first-order valence-corrected chi connectivity index (χ1v) is 7.59. The van der Waals surface area contributed by atoms with Crippen LogP contribution in [0.15, 0.2) is 41.0 Å². The Balaban J connectivity index is 1.81. The van der Waals surface area contributed by atoms with Gasteiger partial charge in [0.25, 0.3) is 0 Å². The van der Waals surface area contributed by atoms with Crippen molar-refractivity contribution in [1.29, 1.82) is 0 Å². The fourth-order valence-corrected chi connectivity index (χ4v) is 2.78. The molecule has 1 atom stereocenters. The SMILES string of the molecule is CNC(Cc1ccc(Br)cn1)c1ccc2c(c1)CCO2. The molecule has 0 aliphatic carbocycles. The van der Waals surface area contributed by atoms with Gasteiger partial charge in [0.05, 0.1) is 6.61 Å². The van der Waals surface area contributed by atoms with E-state index < -0.39 is 0 Å². The van der Waals surface area contributed by atoms with Gasteiger partial charge in [-0.25, -0.2) is 0 Å². The van der Waals surface area contributed by atoms with Crippen LogP contribution < -0.4 is 10.1 Å². The van der Waals surface area contributed by atoms with Gasteiger partial charge < -0.3 is 10.1 Å². The second-order valence-corrected chi connectivity index (χ2v) is 5.89. The molecule has 1 aromatic carbocycles. The summed E-state index contributed by atoms with van der Waals surface area (Å²) in [6.45, 7) is 0.803. The third-order valence-corrected chi connectivity index (χ3v) is 4.14. The van der Waals surface area contributed by atoms with E-state index in [-0.39, 0.29) is 6.04 Å². The maximum absolute atomic E-state index is 5.56. The van der Waals surface area contributed by atoms with Gasteiger partial charge in [-0.15, -0.1) is 0 Å². The largest absolute Gasteiger partial charge is 0.493 e. The molecule has 20 heavy (non-hydrogen) atoms. The number of benzene rings is 1. The molecule has 1 aliphatic heterocycles. The summed E-state index contributed by atoms with van der Waals surface area (Å²) in [4.78, 5) is 4.45. The summed E-state index contributed by atoms with van der Waals surface area (Å²) in [7, 11) is 1.99. The Hall–Kier alpha value is -1.39. The molecule has 0 saturated heterocycles. The number of halogens is 1. The van der Waals surface area contributed by atoms with Crippen molar-refractivity contribution >= 4 is 15.9 Å². The van der Waals surface area contributed by atoms with E-state index in [1.54, 1.807) is 0 Å². The molecule has 0 spiro atoms. The molecule has 4 heteroatoms. The quantitative estimate of drug-likeness (QED) is 0.932. The van der Waals surface area contributed by atoms with Crippen molar-refractivity contribution in [2.45, 2.75) is 18.9 Å². The number of aromatic nitrogens is 1. The Morgan fingerprint density at radius 3 is 3.00 bits per heavy atom. The van der Waals surface area contributed by atoms with Crippen LogP contribution in [0, 0.1) is 0 Å². The van der Waals surface area contributed by atoms with Crippen molar-refractivity contribution in [1.82, 2.24) is 10.3 Å². The van der Waals surface area contributed by atoms with E-state index in [1.807, 2.05) is 19.3 Å². The van der Waals surface area contributed by atoms with Crippen LogP contribution in [0.25, 0.3) is 0 Å². The molecule has 1 aromatic heterocycles. The highest BCUT2D eigenvalue weighted by atomic mass is 79.9. The molecule has 0 amide bonds. The summed E-state index contributed by atoms with van der Waals surface area (Å²) in [5.41, 5.74) is 3.69. The third-order valence-electron chi connectivity index (χ3n) is 3.67. The highest BCUT2D eigenvalue weighted by molar-refractivity contribution is 9.10. The standard InChI is InChI=1S/C16H17BrN2O/c1-18-15(9-14-4-3-13(17)10-19-14)11-2-5-16-12(8-11)6-7-20-16/h2-5,8,10,15,18H,6-7,9H2,1H3. The monoisotopic (exact) mass is 332 g/mol. The van der Waals surface area contributed by atoms with E-state index >= 15 is 0 Å². The van der Waals surface area contributed by atoms with E-state index in [1.165, 1.54) is 11.1 Å². The van der Waals surface area contributed by atoms with E-state index in [0.717, 1.165) is 35.4 Å². The number of nitrogens with one attached hydrogen (secondary N) is 1. The Kier molecular flexibility index (Phi) is 4.03. The zero-order valence-electron chi connectivity index (χ0n) is 11.4. The summed E-state index contributed by atoms with van der Waals surface area (Å²) >= 11 is 3.42. The second kappa shape index (κ2) is 5.94. The van der Waals surface area contributed by atoms with Crippen LogP contribution in [0.5, 0.6) is 5.75 Å². The molecule has 1 aliphatic rings. The number of hydrogen-bond acceptors (Lipinski definition) is 3. The summed E-state index contributed by atoms with van der Waals surface area (Å²) < 4.78 is 6.57. The molecule has 3 rings (SSSR count). The molecule has 104 valence electrons. The van der Waals surface area contributed by atoms with E-state index in [9.17, 15) is 0 Å². The number of pyridine rings is 1. The van der Waals surface area contributed by atoms with Crippen molar-refractivity contribution in [2.75, 3.05) is 13.7 Å². The average Bonchev–Trinajstić information content (AvgIpc) is 2.94. The molecule has 0 radical (unpaired) electrons. The molecule has 0 saturated carbocycles. The van der Waals surface area contributed by atoms with Gasteiger partial charge in [-0.2, -0.15) is 0 Å². The number of ether oxygens (including phenoxy) is 1. The Labute approximate surface area is 127 Å². The summed E-state index contributed by atoms with van der Waals surface area (Å²) in [6, 6.07) is 10.8. The van der Waals surface area contributed by atoms with Crippen LogP contribution in [0.2, 0.25) is 0 Å². The molecule has 1 unspecified atom stereocenters. The molecule has 2 heterocycles. The number of hydrogen-bond donors (Lipinski definition) is 1. The fraction of sp³-hybridized carbons (Fsp3) is 0.312. The fourth-order valence-electron chi connectivity index (χ4n) is 2.55. The van der Waals surface area contributed by atoms with E-state index in [0.29, 0.717) is 0 Å². The lowest BCUT2D eigenvalue weighted by molar-refractivity contribution is 0.356.